The molecule has 96 valence electrons. The number of hydrogen-bond donors (Lipinski definition) is 4. The van der Waals surface area contributed by atoms with Crippen molar-refractivity contribution in [3.8, 4) is 0 Å². The molecule has 1 atom stereocenters. The molecule has 0 heterocycles. The Bertz CT molecular complexity index is 487. The number of hydrogen-bond acceptors (Lipinski definition) is 3. The van der Waals surface area contributed by atoms with Gasteiger partial charge in [-0.15, -0.1) is 0 Å². The molecule has 0 aliphatic heterocycles. The Morgan fingerprint density at radius 3 is 2.56 bits per heavy atom. The number of rotatable bonds is 4. The summed E-state index contributed by atoms with van der Waals surface area (Å²) in [4.78, 5) is 32.9. The summed E-state index contributed by atoms with van der Waals surface area (Å²) in [5, 5.41) is 13.2. The number of urea groups is 1. The topological polar surface area (TPSA) is 122 Å². The van der Waals surface area contributed by atoms with Gasteiger partial charge in [0.1, 0.15) is 6.04 Å². The Morgan fingerprint density at radius 2 is 2.00 bits per heavy atom. The van der Waals surface area contributed by atoms with Crippen molar-refractivity contribution in [2.24, 2.45) is 5.73 Å². The SMILES string of the molecule is C[C@H](NC(=O)Nc1cccc(C(N)=O)c1)C(=O)O. The molecule has 0 spiro atoms. The van der Waals surface area contributed by atoms with Crippen LogP contribution >= 0.6 is 0 Å². The smallest absolute Gasteiger partial charge is 0.325 e. The maximum atomic E-state index is 11.4. The Kier molecular flexibility index (Phi) is 4.25. The molecule has 5 N–H and O–H groups in total. The first kappa shape index (κ1) is 13.5. The highest BCUT2D eigenvalue weighted by atomic mass is 16.4. The molecule has 0 fully saturated rings. The van der Waals surface area contributed by atoms with Crippen molar-refractivity contribution in [1.82, 2.24) is 5.32 Å². The second-order valence-corrected chi connectivity index (χ2v) is 3.60. The number of carboxylic acid groups (broad SMARTS) is 1. The van der Waals surface area contributed by atoms with Crippen LogP contribution in [-0.4, -0.2) is 29.1 Å². The van der Waals surface area contributed by atoms with Crippen molar-refractivity contribution in [2.75, 3.05) is 5.32 Å². The van der Waals surface area contributed by atoms with E-state index >= 15 is 0 Å². The van der Waals surface area contributed by atoms with Crippen LogP contribution in [0.2, 0.25) is 0 Å². The molecule has 0 aromatic heterocycles. The van der Waals surface area contributed by atoms with Crippen molar-refractivity contribution in [1.29, 1.82) is 0 Å². The first-order valence-electron chi connectivity index (χ1n) is 5.10. The van der Waals surface area contributed by atoms with E-state index in [4.69, 9.17) is 10.8 Å². The number of nitrogens with one attached hydrogen (secondary N) is 2. The van der Waals surface area contributed by atoms with Crippen LogP contribution in [0.15, 0.2) is 24.3 Å². The van der Waals surface area contributed by atoms with Crippen LogP contribution < -0.4 is 16.4 Å². The number of carboxylic acids is 1. The molecular formula is C11H13N3O4. The fourth-order valence-corrected chi connectivity index (χ4v) is 1.18. The van der Waals surface area contributed by atoms with Crippen LogP contribution in [0, 0.1) is 0 Å². The number of carbonyl (C=O) groups is 3. The lowest BCUT2D eigenvalue weighted by atomic mass is 10.2. The predicted molar refractivity (Wildman–Crippen MR) is 64.2 cm³/mol. The van der Waals surface area contributed by atoms with E-state index in [0.29, 0.717) is 5.69 Å². The van der Waals surface area contributed by atoms with Crippen LogP contribution in [0.25, 0.3) is 0 Å². The molecule has 0 radical (unpaired) electrons. The zero-order valence-corrected chi connectivity index (χ0v) is 9.64. The van der Waals surface area contributed by atoms with Crippen molar-refractivity contribution < 1.29 is 19.5 Å². The van der Waals surface area contributed by atoms with Gasteiger partial charge in [-0.25, -0.2) is 4.79 Å². The summed E-state index contributed by atoms with van der Waals surface area (Å²) in [6, 6.07) is 4.32. The van der Waals surface area contributed by atoms with Gasteiger partial charge in [0.25, 0.3) is 0 Å². The van der Waals surface area contributed by atoms with Crippen LogP contribution in [0.5, 0.6) is 0 Å². The van der Waals surface area contributed by atoms with E-state index in [2.05, 4.69) is 10.6 Å². The predicted octanol–water partition coefficient (Wildman–Crippen LogP) is 0.380. The fraction of sp³-hybridized carbons (Fsp3) is 0.182. The van der Waals surface area contributed by atoms with Crippen LogP contribution in [0.3, 0.4) is 0 Å². The number of nitrogens with two attached hydrogens (primary N) is 1. The summed E-state index contributed by atoms with van der Waals surface area (Å²) in [6.45, 7) is 1.34. The summed E-state index contributed by atoms with van der Waals surface area (Å²) in [5.41, 5.74) is 5.69. The molecular weight excluding hydrogens is 238 g/mol. The number of amides is 3. The van der Waals surface area contributed by atoms with Gasteiger partial charge in [-0.1, -0.05) is 6.07 Å². The average molecular weight is 251 g/mol. The Labute approximate surface area is 103 Å². The Balaban J connectivity index is 2.67. The molecule has 18 heavy (non-hydrogen) atoms. The van der Waals surface area contributed by atoms with Crippen molar-refractivity contribution in [2.45, 2.75) is 13.0 Å². The van der Waals surface area contributed by atoms with Gasteiger partial charge in [0.15, 0.2) is 0 Å². The lowest BCUT2D eigenvalue weighted by Crippen LogP contribution is -2.40. The van der Waals surface area contributed by atoms with Gasteiger partial charge in [0.2, 0.25) is 5.91 Å². The number of aliphatic carboxylic acids is 1. The highest BCUT2D eigenvalue weighted by Crippen LogP contribution is 2.09. The first-order valence-corrected chi connectivity index (χ1v) is 5.10. The molecule has 0 aliphatic carbocycles. The summed E-state index contributed by atoms with van der Waals surface area (Å²) >= 11 is 0. The fourth-order valence-electron chi connectivity index (χ4n) is 1.18. The number of primary amides is 1. The molecule has 0 aliphatic rings. The molecule has 7 heteroatoms. The molecule has 0 unspecified atom stereocenters. The normalized spacial score (nSPS) is 11.4. The Morgan fingerprint density at radius 1 is 1.33 bits per heavy atom. The summed E-state index contributed by atoms with van der Waals surface area (Å²) in [6.07, 6.45) is 0. The van der Waals surface area contributed by atoms with Gasteiger partial charge in [0.05, 0.1) is 0 Å². The zero-order chi connectivity index (χ0) is 13.7. The minimum atomic E-state index is -1.14. The van der Waals surface area contributed by atoms with Crippen LogP contribution in [0.4, 0.5) is 10.5 Å². The second kappa shape index (κ2) is 5.67. The van der Waals surface area contributed by atoms with Gasteiger partial charge in [-0.2, -0.15) is 0 Å². The molecule has 1 aromatic carbocycles. The van der Waals surface area contributed by atoms with Gasteiger partial charge >= 0.3 is 12.0 Å². The number of anilines is 1. The van der Waals surface area contributed by atoms with E-state index in [1.54, 1.807) is 12.1 Å². The third-order valence-electron chi connectivity index (χ3n) is 2.12. The van der Waals surface area contributed by atoms with Crippen LogP contribution in [0.1, 0.15) is 17.3 Å². The maximum absolute atomic E-state index is 11.4. The average Bonchev–Trinajstić information content (AvgIpc) is 2.28. The summed E-state index contributed by atoms with van der Waals surface area (Å²) in [7, 11) is 0. The second-order valence-electron chi connectivity index (χ2n) is 3.60. The lowest BCUT2D eigenvalue weighted by molar-refractivity contribution is -0.138. The standard InChI is InChI=1S/C11H13N3O4/c1-6(10(16)17)13-11(18)14-8-4-2-3-7(5-8)9(12)15/h2-6H,1H3,(H2,12,15)(H,16,17)(H2,13,14,18)/t6-/m0/s1. The molecule has 0 saturated carbocycles. The highest BCUT2D eigenvalue weighted by Gasteiger charge is 2.13. The summed E-state index contributed by atoms with van der Waals surface area (Å²) in [5.74, 6) is -1.76. The number of carbonyl (C=O) groups excluding carboxylic acids is 2. The molecule has 0 bridgehead atoms. The monoisotopic (exact) mass is 251 g/mol. The molecule has 1 aromatic rings. The molecule has 1 rings (SSSR count). The van der Waals surface area contributed by atoms with Gasteiger partial charge < -0.3 is 21.5 Å². The van der Waals surface area contributed by atoms with Crippen molar-refractivity contribution in [3.63, 3.8) is 0 Å². The molecule has 3 amide bonds. The van der Waals surface area contributed by atoms with Gasteiger partial charge in [0, 0.05) is 11.3 Å². The van der Waals surface area contributed by atoms with E-state index in [-0.39, 0.29) is 5.56 Å². The first-order chi connectivity index (χ1) is 8.40. The van der Waals surface area contributed by atoms with Crippen LogP contribution in [-0.2, 0) is 4.79 Å². The number of benzene rings is 1. The lowest BCUT2D eigenvalue weighted by Gasteiger charge is -2.11. The Hall–Kier alpha value is -2.57. The van der Waals surface area contributed by atoms with E-state index < -0.39 is 23.9 Å². The van der Waals surface area contributed by atoms with E-state index in [1.165, 1.54) is 19.1 Å². The third-order valence-corrected chi connectivity index (χ3v) is 2.12. The molecule has 0 saturated heterocycles. The quantitative estimate of drug-likeness (QED) is 0.617. The van der Waals surface area contributed by atoms with Gasteiger partial charge in [-0.05, 0) is 25.1 Å². The summed E-state index contributed by atoms with van der Waals surface area (Å²) < 4.78 is 0. The van der Waals surface area contributed by atoms with E-state index in [9.17, 15) is 14.4 Å². The zero-order valence-electron chi connectivity index (χ0n) is 9.64. The van der Waals surface area contributed by atoms with E-state index in [0.717, 1.165) is 0 Å². The molecule has 7 nitrogen and oxygen atoms in total. The van der Waals surface area contributed by atoms with Crippen molar-refractivity contribution in [3.05, 3.63) is 29.8 Å². The minimum Gasteiger partial charge on any atom is -0.480 e. The third kappa shape index (κ3) is 3.78. The van der Waals surface area contributed by atoms with E-state index in [1.807, 2.05) is 0 Å². The van der Waals surface area contributed by atoms with Crippen molar-refractivity contribution >= 4 is 23.6 Å². The minimum absolute atomic E-state index is 0.249. The van der Waals surface area contributed by atoms with Gasteiger partial charge in [-0.3, -0.25) is 9.59 Å². The highest BCUT2D eigenvalue weighted by molar-refractivity contribution is 5.96. The largest absolute Gasteiger partial charge is 0.480 e. The maximum Gasteiger partial charge on any atom is 0.325 e.